The Kier molecular flexibility index (Phi) is 2.81. The smallest absolute Gasteiger partial charge is 0.0212 e. The third-order valence-corrected chi connectivity index (χ3v) is 2.72. The Morgan fingerprint density at radius 1 is 1.20 bits per heavy atom. The molecule has 82 valence electrons. The molecule has 1 heterocycles. The van der Waals surface area contributed by atoms with Gasteiger partial charge in [-0.1, -0.05) is 18.2 Å². The molecule has 0 aromatic heterocycles. The zero-order chi connectivity index (χ0) is 10.9. The summed E-state index contributed by atoms with van der Waals surface area (Å²) in [6, 6.07) is 6.79. The average Bonchev–Trinajstić information content (AvgIpc) is 2.60. The fourth-order valence-electron chi connectivity index (χ4n) is 1.83. The normalized spacial score (nSPS) is 15.4. The van der Waals surface area contributed by atoms with E-state index in [-0.39, 0.29) is 5.54 Å². The largest absolute Gasteiger partial charge is 0.309 e. The molecule has 0 aliphatic carbocycles. The van der Waals surface area contributed by atoms with Crippen LogP contribution in [-0.4, -0.2) is 5.54 Å². The van der Waals surface area contributed by atoms with Gasteiger partial charge in [0, 0.05) is 25.2 Å². The minimum atomic E-state index is 0.192. The molecule has 0 unspecified atom stereocenters. The maximum absolute atomic E-state index is 3.51. The number of rotatable bonds is 2. The Labute approximate surface area is 92.1 Å². The van der Waals surface area contributed by atoms with Crippen LogP contribution in [0, 0.1) is 0 Å². The summed E-state index contributed by atoms with van der Waals surface area (Å²) in [6.07, 6.45) is 0. The van der Waals surface area contributed by atoms with Crippen LogP contribution in [-0.2, 0) is 19.6 Å². The highest BCUT2D eigenvalue weighted by molar-refractivity contribution is 5.34. The standard InChI is InChI=1S/C13H20N2/c1-13(2,3)15-7-10-4-5-11-8-14-9-12(11)6-10/h4-6,14-15H,7-9H2,1-3H3. The van der Waals surface area contributed by atoms with Crippen LogP contribution in [0.15, 0.2) is 18.2 Å². The molecule has 1 aromatic rings. The second kappa shape index (κ2) is 3.95. The van der Waals surface area contributed by atoms with Gasteiger partial charge in [-0.2, -0.15) is 0 Å². The second-order valence-corrected chi connectivity index (χ2v) is 5.31. The summed E-state index contributed by atoms with van der Waals surface area (Å²) >= 11 is 0. The molecule has 1 aromatic carbocycles. The molecule has 0 saturated heterocycles. The molecule has 15 heavy (non-hydrogen) atoms. The van der Waals surface area contributed by atoms with E-state index < -0.39 is 0 Å². The van der Waals surface area contributed by atoms with E-state index in [1.807, 2.05) is 0 Å². The molecule has 0 atom stereocenters. The quantitative estimate of drug-likeness (QED) is 0.771. The Morgan fingerprint density at radius 2 is 1.93 bits per heavy atom. The lowest BCUT2D eigenvalue weighted by Gasteiger charge is -2.20. The second-order valence-electron chi connectivity index (χ2n) is 5.31. The molecule has 1 aliphatic heterocycles. The van der Waals surface area contributed by atoms with E-state index in [0.717, 1.165) is 19.6 Å². The lowest BCUT2D eigenvalue weighted by atomic mass is 10.0. The molecular weight excluding hydrogens is 184 g/mol. The monoisotopic (exact) mass is 204 g/mol. The Morgan fingerprint density at radius 3 is 2.67 bits per heavy atom. The Hall–Kier alpha value is -0.860. The van der Waals surface area contributed by atoms with Crippen LogP contribution in [0.25, 0.3) is 0 Å². The zero-order valence-electron chi connectivity index (χ0n) is 9.85. The van der Waals surface area contributed by atoms with Crippen LogP contribution >= 0.6 is 0 Å². The number of nitrogens with one attached hydrogen (secondary N) is 2. The summed E-state index contributed by atoms with van der Waals surface area (Å²) in [5.74, 6) is 0. The number of benzene rings is 1. The lowest BCUT2D eigenvalue weighted by Crippen LogP contribution is -2.35. The molecule has 2 heteroatoms. The van der Waals surface area contributed by atoms with Gasteiger partial charge in [-0.3, -0.25) is 0 Å². The van der Waals surface area contributed by atoms with Crippen LogP contribution in [0.4, 0.5) is 0 Å². The Bertz CT molecular complexity index is 350. The Balaban J connectivity index is 2.04. The van der Waals surface area contributed by atoms with Gasteiger partial charge in [0.15, 0.2) is 0 Å². The van der Waals surface area contributed by atoms with E-state index in [0.29, 0.717) is 0 Å². The summed E-state index contributed by atoms with van der Waals surface area (Å²) in [5, 5.41) is 6.88. The topological polar surface area (TPSA) is 24.1 Å². The molecule has 0 saturated carbocycles. The molecule has 0 spiro atoms. The van der Waals surface area contributed by atoms with Crippen molar-refractivity contribution in [2.24, 2.45) is 0 Å². The van der Waals surface area contributed by atoms with Gasteiger partial charge >= 0.3 is 0 Å². The minimum absolute atomic E-state index is 0.192. The third kappa shape index (κ3) is 2.80. The van der Waals surface area contributed by atoms with Crippen molar-refractivity contribution < 1.29 is 0 Å². The number of hydrogen-bond donors (Lipinski definition) is 2. The minimum Gasteiger partial charge on any atom is -0.309 e. The van der Waals surface area contributed by atoms with Crippen molar-refractivity contribution in [3.63, 3.8) is 0 Å². The first-order chi connectivity index (χ1) is 7.04. The maximum atomic E-state index is 3.51. The van der Waals surface area contributed by atoms with Gasteiger partial charge in [0.25, 0.3) is 0 Å². The molecule has 2 nitrogen and oxygen atoms in total. The van der Waals surface area contributed by atoms with Gasteiger partial charge in [0.2, 0.25) is 0 Å². The van der Waals surface area contributed by atoms with Crippen molar-refractivity contribution in [1.29, 1.82) is 0 Å². The molecule has 1 aliphatic rings. The summed E-state index contributed by atoms with van der Waals surface area (Å²) in [5.41, 5.74) is 4.49. The van der Waals surface area contributed by atoms with Crippen molar-refractivity contribution in [3.8, 4) is 0 Å². The van der Waals surface area contributed by atoms with Gasteiger partial charge in [0.1, 0.15) is 0 Å². The SMILES string of the molecule is CC(C)(C)NCc1ccc2c(c1)CNC2. The predicted molar refractivity (Wildman–Crippen MR) is 63.6 cm³/mol. The highest BCUT2D eigenvalue weighted by Gasteiger charge is 2.12. The van der Waals surface area contributed by atoms with Gasteiger partial charge in [-0.05, 0) is 37.5 Å². The summed E-state index contributed by atoms with van der Waals surface area (Å²) in [7, 11) is 0. The van der Waals surface area contributed by atoms with E-state index in [2.05, 4.69) is 49.6 Å². The summed E-state index contributed by atoms with van der Waals surface area (Å²) in [6.45, 7) is 9.60. The zero-order valence-corrected chi connectivity index (χ0v) is 9.85. The molecule has 0 radical (unpaired) electrons. The predicted octanol–water partition coefficient (Wildman–Crippen LogP) is 2.18. The average molecular weight is 204 g/mol. The summed E-state index contributed by atoms with van der Waals surface area (Å²) in [4.78, 5) is 0. The van der Waals surface area contributed by atoms with E-state index in [4.69, 9.17) is 0 Å². The fraction of sp³-hybridized carbons (Fsp3) is 0.538. The third-order valence-electron chi connectivity index (χ3n) is 2.72. The molecule has 0 amide bonds. The van der Waals surface area contributed by atoms with Crippen LogP contribution in [0.5, 0.6) is 0 Å². The highest BCUT2D eigenvalue weighted by atomic mass is 14.9. The van der Waals surface area contributed by atoms with E-state index in [1.165, 1.54) is 16.7 Å². The van der Waals surface area contributed by atoms with Gasteiger partial charge in [-0.15, -0.1) is 0 Å². The number of fused-ring (bicyclic) bond motifs is 1. The first-order valence-electron chi connectivity index (χ1n) is 5.61. The molecule has 0 bridgehead atoms. The maximum Gasteiger partial charge on any atom is 0.0212 e. The summed E-state index contributed by atoms with van der Waals surface area (Å²) < 4.78 is 0. The van der Waals surface area contributed by atoms with E-state index in [1.54, 1.807) is 0 Å². The molecular formula is C13H20N2. The molecule has 2 rings (SSSR count). The highest BCUT2D eigenvalue weighted by Crippen LogP contribution is 2.17. The van der Waals surface area contributed by atoms with Crippen LogP contribution in [0.1, 0.15) is 37.5 Å². The van der Waals surface area contributed by atoms with Crippen molar-refractivity contribution in [3.05, 3.63) is 34.9 Å². The van der Waals surface area contributed by atoms with Gasteiger partial charge in [-0.25, -0.2) is 0 Å². The lowest BCUT2D eigenvalue weighted by molar-refractivity contribution is 0.424. The molecule has 0 fully saturated rings. The fourth-order valence-corrected chi connectivity index (χ4v) is 1.83. The van der Waals surface area contributed by atoms with Crippen LogP contribution in [0.2, 0.25) is 0 Å². The van der Waals surface area contributed by atoms with E-state index >= 15 is 0 Å². The van der Waals surface area contributed by atoms with Crippen molar-refractivity contribution in [2.45, 2.75) is 45.9 Å². The van der Waals surface area contributed by atoms with Gasteiger partial charge < -0.3 is 10.6 Å². The van der Waals surface area contributed by atoms with Crippen molar-refractivity contribution >= 4 is 0 Å². The van der Waals surface area contributed by atoms with Crippen LogP contribution < -0.4 is 10.6 Å². The number of hydrogen-bond acceptors (Lipinski definition) is 2. The molecule has 2 N–H and O–H groups in total. The van der Waals surface area contributed by atoms with Crippen molar-refractivity contribution in [2.75, 3.05) is 0 Å². The van der Waals surface area contributed by atoms with E-state index in [9.17, 15) is 0 Å². The first-order valence-corrected chi connectivity index (χ1v) is 5.61. The van der Waals surface area contributed by atoms with Gasteiger partial charge in [0.05, 0.1) is 0 Å². The van der Waals surface area contributed by atoms with Crippen molar-refractivity contribution in [1.82, 2.24) is 10.6 Å². The first kappa shape index (κ1) is 10.7. The van der Waals surface area contributed by atoms with Crippen LogP contribution in [0.3, 0.4) is 0 Å².